The van der Waals surface area contributed by atoms with Crippen molar-refractivity contribution in [3.8, 4) is 0 Å². The van der Waals surface area contributed by atoms with Gasteiger partial charge in [-0.1, -0.05) is 0 Å². The molecule has 1 fully saturated rings. The lowest BCUT2D eigenvalue weighted by atomic mass is 9.94. The van der Waals surface area contributed by atoms with Crippen LogP contribution in [0.1, 0.15) is 37.1 Å². The minimum Gasteiger partial charge on any atom is -0.376 e. The first-order valence-electron chi connectivity index (χ1n) is 8.74. The zero-order valence-corrected chi connectivity index (χ0v) is 15.2. The summed E-state index contributed by atoms with van der Waals surface area (Å²) >= 11 is 1.70. The standard InChI is InChI=1S/C17H21N5O2S/c1-17(2)6-11-12(8-24-17)25-15-13(11)14-19-9-20-22(14)16(21-15)18-7-10-4-3-5-23-10/h9-10H,3-8H2,1-2H3,(H,18,21). The fourth-order valence-corrected chi connectivity index (χ4v) is 4.78. The van der Waals surface area contributed by atoms with Crippen molar-refractivity contribution in [2.45, 2.75) is 51.4 Å². The van der Waals surface area contributed by atoms with Crippen LogP contribution in [0.2, 0.25) is 0 Å². The predicted octanol–water partition coefficient (Wildman–Crippen LogP) is 2.78. The van der Waals surface area contributed by atoms with Crippen molar-refractivity contribution in [1.82, 2.24) is 19.6 Å². The summed E-state index contributed by atoms with van der Waals surface area (Å²) < 4.78 is 13.5. The lowest BCUT2D eigenvalue weighted by molar-refractivity contribution is -0.0379. The Kier molecular flexibility index (Phi) is 3.48. The Bertz CT molecular complexity index is 941. The van der Waals surface area contributed by atoms with Gasteiger partial charge in [0.2, 0.25) is 5.95 Å². The first-order valence-corrected chi connectivity index (χ1v) is 9.56. The van der Waals surface area contributed by atoms with E-state index in [-0.39, 0.29) is 11.7 Å². The highest BCUT2D eigenvalue weighted by Crippen LogP contribution is 2.40. The van der Waals surface area contributed by atoms with Crippen molar-refractivity contribution in [3.63, 3.8) is 0 Å². The monoisotopic (exact) mass is 359 g/mol. The SMILES string of the molecule is CC1(C)Cc2c(sc3nc(NCC4CCCO4)n4ncnc4c23)CO1. The van der Waals surface area contributed by atoms with Crippen LogP contribution in [0.25, 0.3) is 15.9 Å². The molecule has 7 nitrogen and oxygen atoms in total. The molecule has 2 aliphatic rings. The highest BCUT2D eigenvalue weighted by molar-refractivity contribution is 7.19. The minimum atomic E-state index is -0.158. The predicted molar refractivity (Wildman–Crippen MR) is 96.2 cm³/mol. The van der Waals surface area contributed by atoms with E-state index >= 15 is 0 Å². The maximum Gasteiger partial charge on any atom is 0.227 e. The molecule has 0 bridgehead atoms. The molecule has 1 N–H and O–H groups in total. The van der Waals surface area contributed by atoms with Gasteiger partial charge in [-0.2, -0.15) is 9.61 Å². The molecular weight excluding hydrogens is 338 g/mol. The van der Waals surface area contributed by atoms with E-state index in [2.05, 4.69) is 29.2 Å². The molecule has 0 spiro atoms. The molecule has 0 radical (unpaired) electrons. The van der Waals surface area contributed by atoms with Crippen molar-refractivity contribution in [2.75, 3.05) is 18.5 Å². The minimum absolute atomic E-state index is 0.158. The summed E-state index contributed by atoms with van der Waals surface area (Å²) in [5.74, 6) is 0.731. The summed E-state index contributed by atoms with van der Waals surface area (Å²) in [7, 11) is 0. The van der Waals surface area contributed by atoms with E-state index in [0.29, 0.717) is 6.61 Å². The summed E-state index contributed by atoms with van der Waals surface area (Å²) in [5, 5.41) is 8.92. The van der Waals surface area contributed by atoms with Crippen molar-refractivity contribution in [1.29, 1.82) is 0 Å². The molecule has 3 aromatic heterocycles. The van der Waals surface area contributed by atoms with Gasteiger partial charge >= 0.3 is 0 Å². The average Bonchev–Trinajstić information content (AvgIpc) is 3.30. The van der Waals surface area contributed by atoms with E-state index < -0.39 is 0 Å². The van der Waals surface area contributed by atoms with Gasteiger partial charge in [0, 0.05) is 24.4 Å². The molecule has 132 valence electrons. The third-order valence-corrected chi connectivity index (χ3v) is 6.06. The number of hydrogen-bond acceptors (Lipinski definition) is 7. The number of nitrogens with zero attached hydrogens (tertiary/aromatic N) is 4. The highest BCUT2D eigenvalue weighted by atomic mass is 32.1. The van der Waals surface area contributed by atoms with Gasteiger partial charge in [-0.15, -0.1) is 11.3 Å². The van der Waals surface area contributed by atoms with Crippen molar-refractivity contribution in [3.05, 3.63) is 16.8 Å². The summed E-state index contributed by atoms with van der Waals surface area (Å²) in [6, 6.07) is 0. The van der Waals surface area contributed by atoms with Gasteiger partial charge < -0.3 is 14.8 Å². The van der Waals surface area contributed by atoms with Gasteiger partial charge in [0.25, 0.3) is 0 Å². The van der Waals surface area contributed by atoms with E-state index in [0.717, 1.165) is 54.2 Å². The molecule has 25 heavy (non-hydrogen) atoms. The number of ether oxygens (including phenoxy) is 2. The Morgan fingerprint density at radius 3 is 3.20 bits per heavy atom. The van der Waals surface area contributed by atoms with Crippen LogP contribution in [-0.2, 0) is 22.5 Å². The number of thiophene rings is 1. The first kappa shape index (κ1) is 15.5. The van der Waals surface area contributed by atoms with E-state index in [9.17, 15) is 0 Å². The van der Waals surface area contributed by atoms with Gasteiger partial charge in [-0.05, 0) is 32.3 Å². The molecule has 3 aromatic rings. The van der Waals surface area contributed by atoms with Crippen LogP contribution in [0.4, 0.5) is 5.95 Å². The fourth-order valence-electron chi connectivity index (χ4n) is 3.68. The molecule has 2 aliphatic heterocycles. The first-order chi connectivity index (χ1) is 12.1. The maximum absolute atomic E-state index is 5.97. The molecule has 1 unspecified atom stereocenters. The number of anilines is 1. The van der Waals surface area contributed by atoms with Gasteiger partial charge in [0.1, 0.15) is 11.2 Å². The van der Waals surface area contributed by atoms with E-state index in [1.54, 1.807) is 17.7 Å². The Hall–Kier alpha value is -1.77. The van der Waals surface area contributed by atoms with Crippen LogP contribution in [-0.4, -0.2) is 44.4 Å². The molecule has 1 saturated heterocycles. The quantitative estimate of drug-likeness (QED) is 0.775. The number of rotatable bonds is 3. The summed E-state index contributed by atoms with van der Waals surface area (Å²) in [6.07, 6.45) is 4.94. The van der Waals surface area contributed by atoms with Gasteiger partial charge in [0.05, 0.1) is 23.7 Å². The number of hydrogen-bond donors (Lipinski definition) is 1. The summed E-state index contributed by atoms with van der Waals surface area (Å²) in [5.41, 5.74) is 2.02. The van der Waals surface area contributed by atoms with Gasteiger partial charge in [-0.3, -0.25) is 0 Å². The Morgan fingerprint density at radius 1 is 1.44 bits per heavy atom. The van der Waals surface area contributed by atoms with Crippen molar-refractivity contribution in [2.24, 2.45) is 0 Å². The molecule has 5 heterocycles. The lowest BCUT2D eigenvalue weighted by Gasteiger charge is -2.30. The largest absolute Gasteiger partial charge is 0.376 e. The fraction of sp³-hybridized carbons (Fsp3) is 0.588. The second-order valence-corrected chi connectivity index (χ2v) is 8.44. The van der Waals surface area contributed by atoms with Gasteiger partial charge in [-0.25, -0.2) is 9.97 Å². The second kappa shape index (κ2) is 5.62. The number of fused-ring (bicyclic) bond motifs is 5. The normalized spacial score (nSPS) is 22.6. The van der Waals surface area contributed by atoms with Crippen LogP contribution in [0.15, 0.2) is 6.33 Å². The third kappa shape index (κ3) is 2.59. The Balaban J connectivity index is 1.59. The van der Waals surface area contributed by atoms with Crippen LogP contribution in [0.5, 0.6) is 0 Å². The Labute approximate surface area is 149 Å². The number of aromatic nitrogens is 4. The zero-order valence-electron chi connectivity index (χ0n) is 14.4. The van der Waals surface area contributed by atoms with E-state index in [4.69, 9.17) is 14.5 Å². The van der Waals surface area contributed by atoms with Crippen molar-refractivity contribution >= 4 is 33.1 Å². The van der Waals surface area contributed by atoms with Crippen LogP contribution in [0, 0.1) is 0 Å². The maximum atomic E-state index is 5.97. The van der Waals surface area contributed by atoms with Gasteiger partial charge in [0.15, 0.2) is 5.65 Å². The molecule has 0 saturated carbocycles. The summed E-state index contributed by atoms with van der Waals surface area (Å²) in [4.78, 5) is 11.6. The topological polar surface area (TPSA) is 73.6 Å². The molecule has 0 amide bonds. The van der Waals surface area contributed by atoms with Crippen LogP contribution >= 0.6 is 11.3 Å². The molecule has 5 rings (SSSR count). The van der Waals surface area contributed by atoms with E-state index in [1.807, 2.05) is 4.52 Å². The van der Waals surface area contributed by atoms with Crippen LogP contribution < -0.4 is 5.32 Å². The Morgan fingerprint density at radius 2 is 2.36 bits per heavy atom. The zero-order chi connectivity index (χ0) is 17.0. The van der Waals surface area contributed by atoms with E-state index in [1.165, 1.54) is 10.4 Å². The molecule has 0 aliphatic carbocycles. The number of nitrogens with one attached hydrogen (secondary N) is 1. The average molecular weight is 359 g/mol. The third-order valence-electron chi connectivity index (χ3n) is 4.96. The highest BCUT2D eigenvalue weighted by Gasteiger charge is 2.31. The van der Waals surface area contributed by atoms with Crippen molar-refractivity contribution < 1.29 is 9.47 Å². The lowest BCUT2D eigenvalue weighted by Crippen LogP contribution is -2.31. The molecular formula is C17H21N5O2S. The summed E-state index contributed by atoms with van der Waals surface area (Å²) in [6.45, 7) is 6.50. The smallest absolute Gasteiger partial charge is 0.227 e. The van der Waals surface area contributed by atoms with Crippen LogP contribution in [0.3, 0.4) is 0 Å². The molecule has 8 heteroatoms. The second-order valence-electron chi connectivity index (χ2n) is 7.36. The molecule has 1 atom stereocenters. The molecule has 0 aromatic carbocycles.